The number of esters is 2. The van der Waals surface area contributed by atoms with Gasteiger partial charge < -0.3 is 14.8 Å². The van der Waals surface area contributed by atoms with Crippen molar-refractivity contribution in [2.75, 3.05) is 12.4 Å². The summed E-state index contributed by atoms with van der Waals surface area (Å²) in [5.74, 6) is -0.925. The SMILES string of the molecule is CNc1cc(C(=O)OC(C)C)cc(C(=O)OC(C)C)c1. The first-order valence-corrected chi connectivity index (χ1v) is 6.58. The fraction of sp³-hybridized carbons (Fsp3) is 0.467. The summed E-state index contributed by atoms with van der Waals surface area (Å²) in [6.07, 6.45) is -0.432. The summed E-state index contributed by atoms with van der Waals surface area (Å²) < 4.78 is 10.3. The molecule has 1 aromatic rings. The molecule has 5 nitrogen and oxygen atoms in total. The smallest absolute Gasteiger partial charge is 0.338 e. The van der Waals surface area contributed by atoms with Crippen LogP contribution in [-0.4, -0.2) is 31.2 Å². The lowest BCUT2D eigenvalue weighted by Crippen LogP contribution is -2.15. The van der Waals surface area contributed by atoms with Crippen LogP contribution in [0.15, 0.2) is 18.2 Å². The summed E-state index contributed by atoms with van der Waals surface area (Å²) in [5, 5.41) is 2.91. The monoisotopic (exact) mass is 279 g/mol. The fourth-order valence-electron chi connectivity index (χ4n) is 1.57. The highest BCUT2D eigenvalue weighted by Gasteiger charge is 2.16. The normalized spacial score (nSPS) is 10.6. The van der Waals surface area contributed by atoms with Crippen molar-refractivity contribution in [3.05, 3.63) is 29.3 Å². The fourth-order valence-corrected chi connectivity index (χ4v) is 1.57. The Morgan fingerprint density at radius 2 is 1.30 bits per heavy atom. The molecule has 0 aromatic heterocycles. The Morgan fingerprint density at radius 1 is 0.900 bits per heavy atom. The molecular formula is C15H21NO4. The summed E-state index contributed by atoms with van der Waals surface area (Å²) >= 11 is 0. The molecule has 0 bridgehead atoms. The minimum absolute atomic E-state index is 0.216. The molecule has 0 amide bonds. The van der Waals surface area contributed by atoms with E-state index in [0.717, 1.165) is 0 Å². The predicted molar refractivity (Wildman–Crippen MR) is 77.1 cm³/mol. The molecule has 0 aliphatic heterocycles. The number of carbonyl (C=O) groups is 2. The average Bonchev–Trinajstić information content (AvgIpc) is 2.36. The van der Waals surface area contributed by atoms with Gasteiger partial charge in [0.1, 0.15) is 0 Å². The van der Waals surface area contributed by atoms with Crippen molar-refractivity contribution in [1.82, 2.24) is 0 Å². The molecule has 5 heteroatoms. The molecule has 1 aromatic carbocycles. The van der Waals surface area contributed by atoms with Crippen molar-refractivity contribution in [2.24, 2.45) is 0 Å². The summed E-state index contributed by atoms with van der Waals surface area (Å²) in [6, 6.07) is 4.75. The van der Waals surface area contributed by atoms with E-state index < -0.39 is 11.9 Å². The van der Waals surface area contributed by atoms with Crippen molar-refractivity contribution in [3.63, 3.8) is 0 Å². The van der Waals surface area contributed by atoms with Crippen molar-refractivity contribution in [3.8, 4) is 0 Å². The maximum atomic E-state index is 11.9. The number of nitrogens with one attached hydrogen (secondary N) is 1. The van der Waals surface area contributed by atoms with Gasteiger partial charge in [-0.25, -0.2) is 9.59 Å². The maximum Gasteiger partial charge on any atom is 0.338 e. The Kier molecular flexibility index (Phi) is 5.55. The van der Waals surface area contributed by atoms with E-state index in [4.69, 9.17) is 9.47 Å². The van der Waals surface area contributed by atoms with Crippen LogP contribution >= 0.6 is 0 Å². The van der Waals surface area contributed by atoms with Gasteiger partial charge in [0, 0.05) is 12.7 Å². The van der Waals surface area contributed by atoms with Gasteiger partial charge in [-0.1, -0.05) is 0 Å². The highest BCUT2D eigenvalue weighted by Crippen LogP contribution is 2.17. The van der Waals surface area contributed by atoms with Crippen molar-refractivity contribution in [2.45, 2.75) is 39.9 Å². The molecule has 0 spiro atoms. The average molecular weight is 279 g/mol. The summed E-state index contributed by atoms with van der Waals surface area (Å²) in [4.78, 5) is 23.8. The number of anilines is 1. The van der Waals surface area contributed by atoms with E-state index >= 15 is 0 Å². The Labute approximate surface area is 119 Å². The zero-order chi connectivity index (χ0) is 15.3. The van der Waals surface area contributed by atoms with E-state index in [0.29, 0.717) is 16.8 Å². The van der Waals surface area contributed by atoms with Crippen LogP contribution in [0.1, 0.15) is 48.4 Å². The third-order valence-electron chi connectivity index (χ3n) is 2.38. The van der Waals surface area contributed by atoms with Crippen molar-refractivity contribution >= 4 is 17.6 Å². The van der Waals surface area contributed by atoms with Crippen LogP contribution in [0.2, 0.25) is 0 Å². The predicted octanol–water partition coefficient (Wildman–Crippen LogP) is 2.86. The molecule has 1 rings (SSSR count). The molecule has 0 unspecified atom stereocenters. The summed E-state index contributed by atoms with van der Waals surface area (Å²) in [7, 11) is 1.71. The number of carbonyl (C=O) groups excluding carboxylic acids is 2. The first kappa shape index (κ1) is 16.0. The lowest BCUT2D eigenvalue weighted by Gasteiger charge is -2.12. The third kappa shape index (κ3) is 4.57. The lowest BCUT2D eigenvalue weighted by atomic mass is 10.1. The Balaban J connectivity index is 3.08. The van der Waals surface area contributed by atoms with Crippen molar-refractivity contribution in [1.29, 1.82) is 0 Å². The van der Waals surface area contributed by atoms with E-state index in [1.807, 2.05) is 0 Å². The van der Waals surface area contributed by atoms with Gasteiger partial charge in [-0.15, -0.1) is 0 Å². The molecular weight excluding hydrogens is 258 g/mol. The Morgan fingerprint density at radius 3 is 1.60 bits per heavy atom. The number of ether oxygens (including phenoxy) is 2. The van der Waals surface area contributed by atoms with Gasteiger partial charge in [0.05, 0.1) is 23.3 Å². The van der Waals surface area contributed by atoms with Crippen LogP contribution in [-0.2, 0) is 9.47 Å². The van der Waals surface area contributed by atoms with Gasteiger partial charge in [0.25, 0.3) is 0 Å². The maximum absolute atomic E-state index is 11.9. The van der Waals surface area contributed by atoms with Gasteiger partial charge in [-0.3, -0.25) is 0 Å². The van der Waals surface area contributed by atoms with Gasteiger partial charge in [0.2, 0.25) is 0 Å². The standard InChI is InChI=1S/C15H21NO4/c1-9(2)19-14(17)11-6-12(8-13(7-11)16-5)15(18)20-10(3)4/h6-10,16H,1-5H3. The van der Waals surface area contributed by atoms with Gasteiger partial charge in [0.15, 0.2) is 0 Å². The minimum atomic E-state index is -0.462. The number of hydrogen-bond donors (Lipinski definition) is 1. The zero-order valence-corrected chi connectivity index (χ0v) is 12.5. The molecule has 0 saturated heterocycles. The van der Waals surface area contributed by atoms with Crippen LogP contribution in [0.4, 0.5) is 5.69 Å². The summed E-state index contributed by atoms with van der Waals surface area (Å²) in [6.45, 7) is 7.09. The zero-order valence-electron chi connectivity index (χ0n) is 12.5. The minimum Gasteiger partial charge on any atom is -0.459 e. The van der Waals surface area contributed by atoms with Gasteiger partial charge in [-0.05, 0) is 45.9 Å². The molecule has 20 heavy (non-hydrogen) atoms. The first-order chi connectivity index (χ1) is 9.33. The largest absolute Gasteiger partial charge is 0.459 e. The van der Waals surface area contributed by atoms with E-state index in [2.05, 4.69) is 5.32 Å². The topological polar surface area (TPSA) is 64.6 Å². The molecule has 110 valence electrons. The van der Waals surface area contributed by atoms with E-state index in [1.54, 1.807) is 46.9 Å². The molecule has 0 saturated carbocycles. The quantitative estimate of drug-likeness (QED) is 0.840. The number of benzene rings is 1. The Hall–Kier alpha value is -2.04. The van der Waals surface area contributed by atoms with E-state index in [1.165, 1.54) is 6.07 Å². The molecule has 1 N–H and O–H groups in total. The third-order valence-corrected chi connectivity index (χ3v) is 2.38. The number of hydrogen-bond acceptors (Lipinski definition) is 5. The van der Waals surface area contributed by atoms with Crippen LogP contribution in [0.5, 0.6) is 0 Å². The van der Waals surface area contributed by atoms with Crippen LogP contribution in [0.25, 0.3) is 0 Å². The molecule has 0 atom stereocenters. The lowest BCUT2D eigenvalue weighted by molar-refractivity contribution is 0.0378. The van der Waals surface area contributed by atoms with Crippen molar-refractivity contribution < 1.29 is 19.1 Å². The second-order valence-corrected chi connectivity index (χ2v) is 4.96. The van der Waals surface area contributed by atoms with Crippen LogP contribution in [0.3, 0.4) is 0 Å². The molecule has 0 fully saturated rings. The van der Waals surface area contributed by atoms with Crippen LogP contribution < -0.4 is 5.32 Å². The summed E-state index contributed by atoms with van der Waals surface area (Å²) in [5.41, 5.74) is 1.29. The molecule has 0 radical (unpaired) electrons. The molecule has 0 aliphatic rings. The van der Waals surface area contributed by atoms with Gasteiger partial charge >= 0.3 is 11.9 Å². The number of rotatable bonds is 5. The first-order valence-electron chi connectivity index (χ1n) is 6.58. The highest BCUT2D eigenvalue weighted by atomic mass is 16.5. The van der Waals surface area contributed by atoms with Gasteiger partial charge in [-0.2, -0.15) is 0 Å². The molecule has 0 heterocycles. The van der Waals surface area contributed by atoms with Crippen LogP contribution in [0, 0.1) is 0 Å². The highest BCUT2D eigenvalue weighted by molar-refractivity contribution is 5.97. The second-order valence-electron chi connectivity index (χ2n) is 4.96. The second kappa shape index (κ2) is 6.93. The van der Waals surface area contributed by atoms with E-state index in [-0.39, 0.29) is 12.2 Å². The molecule has 0 aliphatic carbocycles. The Bertz CT molecular complexity index is 454. The van der Waals surface area contributed by atoms with E-state index in [9.17, 15) is 9.59 Å².